The molecule has 152 valence electrons. The summed E-state index contributed by atoms with van der Waals surface area (Å²) < 4.78 is 24.9. The highest BCUT2D eigenvalue weighted by Gasteiger charge is 2.37. The van der Waals surface area contributed by atoms with Gasteiger partial charge in [-0.15, -0.1) is 0 Å². The number of ketones is 1. The molecule has 0 aliphatic heterocycles. The Hall–Kier alpha value is -2.61. The smallest absolute Gasteiger partial charge is 0.233 e. The Morgan fingerprint density at radius 1 is 1.14 bits per heavy atom. The third-order valence-electron chi connectivity index (χ3n) is 5.62. The molecule has 0 radical (unpaired) electrons. The van der Waals surface area contributed by atoms with E-state index < -0.39 is 15.8 Å². The molecule has 2 atom stereocenters. The monoisotopic (exact) mass is 413 g/mol. The summed E-state index contributed by atoms with van der Waals surface area (Å²) in [5, 5.41) is 2.51. The van der Waals surface area contributed by atoms with E-state index >= 15 is 0 Å². The van der Waals surface area contributed by atoms with Gasteiger partial charge in [0.05, 0.1) is 22.3 Å². The van der Waals surface area contributed by atoms with Crippen molar-refractivity contribution in [3.63, 3.8) is 0 Å². The molecule has 0 spiro atoms. The summed E-state index contributed by atoms with van der Waals surface area (Å²) in [4.78, 5) is 33.0. The number of sulfone groups is 1. The number of carbonyl (C=O) groups is 2. The lowest BCUT2D eigenvalue weighted by molar-refractivity contribution is -0.119. The minimum absolute atomic E-state index is 0.148. The molecule has 8 heteroatoms. The first-order valence-electron chi connectivity index (χ1n) is 9.86. The SMILES string of the molecule is O=C1CC[C@H](C[C@@H](C(=O)Nc2cnccn2)c2ccc(S(=O)(=O)C3CC3)cc2)C1. The molecule has 2 aromatic rings. The van der Waals surface area contributed by atoms with Gasteiger partial charge in [-0.2, -0.15) is 0 Å². The predicted molar refractivity (Wildman–Crippen MR) is 107 cm³/mol. The van der Waals surface area contributed by atoms with Crippen molar-refractivity contribution >= 4 is 27.3 Å². The molecular weight excluding hydrogens is 390 g/mol. The van der Waals surface area contributed by atoms with E-state index in [9.17, 15) is 18.0 Å². The summed E-state index contributed by atoms with van der Waals surface area (Å²) in [5.74, 6) is 0.00936. The molecule has 2 aliphatic carbocycles. The second-order valence-electron chi connectivity index (χ2n) is 7.83. The summed E-state index contributed by atoms with van der Waals surface area (Å²) in [6.45, 7) is 0. The van der Waals surface area contributed by atoms with E-state index in [1.807, 2.05) is 0 Å². The maximum absolute atomic E-state index is 13.0. The third-order valence-corrected chi connectivity index (χ3v) is 7.90. The molecule has 1 N–H and O–H groups in total. The molecule has 2 saturated carbocycles. The molecule has 29 heavy (non-hydrogen) atoms. The van der Waals surface area contributed by atoms with Gasteiger partial charge in [0.2, 0.25) is 5.91 Å². The van der Waals surface area contributed by atoms with Crippen LogP contribution in [0.5, 0.6) is 0 Å². The van der Waals surface area contributed by atoms with Crippen LogP contribution >= 0.6 is 0 Å². The van der Waals surface area contributed by atoms with Crippen molar-refractivity contribution in [1.29, 1.82) is 0 Å². The zero-order valence-electron chi connectivity index (χ0n) is 16.0. The van der Waals surface area contributed by atoms with Gasteiger partial charge in [0, 0.05) is 25.2 Å². The highest BCUT2D eigenvalue weighted by atomic mass is 32.2. The number of aromatic nitrogens is 2. The Morgan fingerprint density at radius 2 is 1.90 bits per heavy atom. The van der Waals surface area contributed by atoms with Crippen molar-refractivity contribution in [1.82, 2.24) is 9.97 Å². The van der Waals surface area contributed by atoms with Gasteiger partial charge in [0.25, 0.3) is 0 Å². The number of Topliss-reactive ketones (excluding diaryl/α,β-unsaturated/α-hetero) is 1. The molecule has 2 fully saturated rings. The molecule has 1 aromatic carbocycles. The van der Waals surface area contributed by atoms with Crippen molar-refractivity contribution < 1.29 is 18.0 Å². The van der Waals surface area contributed by atoms with Crippen LogP contribution < -0.4 is 5.32 Å². The van der Waals surface area contributed by atoms with Gasteiger partial charge in [-0.3, -0.25) is 14.6 Å². The van der Waals surface area contributed by atoms with Crippen molar-refractivity contribution in [3.05, 3.63) is 48.4 Å². The molecular formula is C21H23N3O4S. The van der Waals surface area contributed by atoms with Gasteiger partial charge in [0.1, 0.15) is 5.78 Å². The lowest BCUT2D eigenvalue weighted by atomic mass is 9.87. The number of rotatable bonds is 7. The third kappa shape index (κ3) is 4.53. The number of nitrogens with one attached hydrogen (secondary N) is 1. The molecule has 0 saturated heterocycles. The van der Waals surface area contributed by atoms with Gasteiger partial charge < -0.3 is 5.32 Å². The second kappa shape index (κ2) is 8.02. The number of carbonyl (C=O) groups excluding carboxylic acids is 2. The molecule has 1 aromatic heterocycles. The van der Waals surface area contributed by atoms with E-state index in [0.29, 0.717) is 42.8 Å². The Balaban J connectivity index is 1.57. The normalized spacial score (nSPS) is 20.4. The minimum atomic E-state index is -3.27. The van der Waals surface area contributed by atoms with Crippen molar-refractivity contribution in [2.24, 2.45) is 5.92 Å². The van der Waals surface area contributed by atoms with Gasteiger partial charge in [-0.25, -0.2) is 13.4 Å². The topological polar surface area (TPSA) is 106 Å². The first-order chi connectivity index (χ1) is 13.9. The molecule has 1 amide bonds. The van der Waals surface area contributed by atoms with Crippen LogP contribution in [-0.4, -0.2) is 35.3 Å². The molecule has 2 aliphatic rings. The number of hydrogen-bond acceptors (Lipinski definition) is 6. The first kappa shape index (κ1) is 19.7. The largest absolute Gasteiger partial charge is 0.309 e. The van der Waals surface area contributed by atoms with E-state index in [-0.39, 0.29) is 22.9 Å². The van der Waals surface area contributed by atoms with Gasteiger partial charge >= 0.3 is 0 Å². The fourth-order valence-corrected chi connectivity index (χ4v) is 5.51. The molecule has 0 unspecified atom stereocenters. The lowest BCUT2D eigenvalue weighted by Crippen LogP contribution is -2.24. The summed E-state index contributed by atoms with van der Waals surface area (Å²) in [5.41, 5.74) is 0.737. The minimum Gasteiger partial charge on any atom is -0.309 e. The quantitative estimate of drug-likeness (QED) is 0.748. The summed E-state index contributed by atoms with van der Waals surface area (Å²) >= 11 is 0. The van der Waals surface area contributed by atoms with E-state index in [1.165, 1.54) is 18.6 Å². The van der Waals surface area contributed by atoms with Gasteiger partial charge in [-0.1, -0.05) is 12.1 Å². The number of anilines is 1. The Labute approximate surface area is 169 Å². The maximum Gasteiger partial charge on any atom is 0.233 e. The predicted octanol–water partition coefficient (Wildman–Crippen LogP) is 2.89. The van der Waals surface area contributed by atoms with Gasteiger partial charge in [0.15, 0.2) is 15.7 Å². The van der Waals surface area contributed by atoms with Crippen LogP contribution in [0.3, 0.4) is 0 Å². The molecule has 0 bridgehead atoms. The van der Waals surface area contributed by atoms with Gasteiger partial charge in [-0.05, 0) is 49.3 Å². The standard InChI is InChI=1S/C21H23N3O4S/c25-16-4-1-14(11-16)12-19(21(26)24-20-13-22-9-10-23-20)15-2-5-17(6-3-15)29(27,28)18-7-8-18/h2-3,5-6,9-10,13-14,18-19H,1,4,7-8,11-12H2,(H,23,24,26)/t14-,19+/m0/s1. The highest BCUT2D eigenvalue weighted by molar-refractivity contribution is 7.92. The number of nitrogens with zero attached hydrogens (tertiary/aromatic N) is 2. The summed E-state index contributed by atoms with van der Waals surface area (Å²) in [6, 6.07) is 6.61. The molecule has 1 heterocycles. The van der Waals surface area contributed by atoms with Crippen molar-refractivity contribution in [3.8, 4) is 0 Å². The molecule has 4 rings (SSSR count). The van der Waals surface area contributed by atoms with E-state index in [4.69, 9.17) is 0 Å². The van der Waals surface area contributed by atoms with Crippen LogP contribution in [0, 0.1) is 5.92 Å². The number of amides is 1. The first-order valence-corrected chi connectivity index (χ1v) is 11.4. The average molecular weight is 413 g/mol. The van der Waals surface area contributed by atoms with Crippen LogP contribution in [0.4, 0.5) is 5.82 Å². The Morgan fingerprint density at radius 3 is 2.48 bits per heavy atom. The second-order valence-corrected chi connectivity index (χ2v) is 10.1. The number of hydrogen-bond donors (Lipinski definition) is 1. The van der Waals surface area contributed by atoms with Crippen molar-refractivity contribution in [2.45, 2.75) is 54.6 Å². The Bertz CT molecular complexity index is 1000. The fraction of sp³-hybridized carbons (Fsp3) is 0.429. The van der Waals surface area contributed by atoms with Crippen LogP contribution in [0.2, 0.25) is 0 Å². The van der Waals surface area contributed by atoms with Crippen LogP contribution in [-0.2, 0) is 19.4 Å². The summed E-state index contributed by atoms with van der Waals surface area (Å²) in [6.07, 6.45) is 8.28. The molecule has 7 nitrogen and oxygen atoms in total. The van der Waals surface area contributed by atoms with Crippen LogP contribution in [0.1, 0.15) is 50.0 Å². The van der Waals surface area contributed by atoms with Crippen LogP contribution in [0.25, 0.3) is 0 Å². The zero-order chi connectivity index (χ0) is 20.4. The average Bonchev–Trinajstić information content (AvgIpc) is 3.50. The highest BCUT2D eigenvalue weighted by Crippen LogP contribution is 2.36. The van der Waals surface area contributed by atoms with Crippen LogP contribution in [0.15, 0.2) is 47.8 Å². The Kier molecular flexibility index (Phi) is 5.45. The lowest BCUT2D eigenvalue weighted by Gasteiger charge is -2.20. The van der Waals surface area contributed by atoms with E-state index in [1.54, 1.807) is 24.3 Å². The fourth-order valence-electron chi connectivity index (χ4n) is 3.86. The van der Waals surface area contributed by atoms with E-state index in [0.717, 1.165) is 12.0 Å². The van der Waals surface area contributed by atoms with E-state index in [2.05, 4.69) is 15.3 Å². The maximum atomic E-state index is 13.0. The van der Waals surface area contributed by atoms with Crippen molar-refractivity contribution in [2.75, 3.05) is 5.32 Å². The zero-order valence-corrected chi connectivity index (χ0v) is 16.8. The number of benzene rings is 1. The summed E-state index contributed by atoms with van der Waals surface area (Å²) in [7, 11) is -3.27.